The second kappa shape index (κ2) is 21.9. The smallest absolute Gasteiger partial charge is 0.317 e. The predicted octanol–water partition coefficient (Wildman–Crippen LogP) is 1.28. The van der Waals surface area contributed by atoms with Gasteiger partial charge in [0.15, 0.2) is 12.6 Å². The number of β-amino-alcohol motifs (C(OH)–C–C–N with tert-alkyl or cyclic N) is 1. The van der Waals surface area contributed by atoms with Gasteiger partial charge >= 0.3 is 12.0 Å². The SMILES string of the molecule is CCNC(=O)N(C)[C@H]1C[C@@H](C)O[C@@H](O[C@@H]2[C@@H](C)[C@H](O[C@H]3C[C@@](C)(OC)[C@](O)(CN4CCN(C)CC4)[C@H](C)O3)[C@@H](C)C(=O)O[C@H](CC)[C@@](C)(O)[C@H](O)[C@@H](C)NC[C@H](C)C[C@@]2(C)O)[C@@H]1O. The van der Waals surface area contributed by atoms with Crippen molar-refractivity contribution in [3.8, 4) is 0 Å². The number of nitrogens with zero attached hydrogens (tertiary/aromatic N) is 3. The van der Waals surface area contributed by atoms with Crippen molar-refractivity contribution in [3.05, 3.63) is 0 Å². The summed E-state index contributed by atoms with van der Waals surface area (Å²) in [7, 11) is 5.22. The van der Waals surface area contributed by atoms with Gasteiger partial charge in [-0.15, -0.1) is 0 Å². The summed E-state index contributed by atoms with van der Waals surface area (Å²) in [5.41, 5.74) is -6.13. The third-order valence-corrected chi connectivity index (χ3v) is 14.7. The Morgan fingerprint density at radius 1 is 0.968 bits per heavy atom. The Morgan fingerprint density at radius 2 is 1.60 bits per heavy atom. The monoisotopic (exact) mass is 904 g/mol. The molecule has 4 rings (SSSR count). The summed E-state index contributed by atoms with van der Waals surface area (Å²) in [5, 5.41) is 66.3. The molecule has 0 bridgehead atoms. The van der Waals surface area contributed by atoms with Crippen molar-refractivity contribution < 1.29 is 63.5 Å². The van der Waals surface area contributed by atoms with Gasteiger partial charge in [0.05, 0.1) is 42.0 Å². The lowest BCUT2D eigenvalue weighted by atomic mass is 9.74. The number of cyclic esters (lactones) is 1. The molecule has 0 aromatic carbocycles. The maximum atomic E-state index is 14.5. The second-order valence-electron chi connectivity index (χ2n) is 20.1. The van der Waals surface area contributed by atoms with Crippen LogP contribution in [-0.4, -0.2) is 209 Å². The van der Waals surface area contributed by atoms with Gasteiger partial charge in [-0.05, 0) is 94.2 Å². The van der Waals surface area contributed by atoms with Gasteiger partial charge in [-0.2, -0.15) is 0 Å². The molecule has 0 aromatic rings. The highest BCUT2D eigenvalue weighted by Crippen LogP contribution is 2.44. The van der Waals surface area contributed by atoms with Crippen LogP contribution in [0.15, 0.2) is 0 Å². The average molecular weight is 904 g/mol. The van der Waals surface area contributed by atoms with E-state index in [1.54, 1.807) is 55.7 Å². The van der Waals surface area contributed by atoms with Crippen molar-refractivity contribution in [2.24, 2.45) is 17.8 Å². The van der Waals surface area contributed by atoms with Crippen LogP contribution in [0.2, 0.25) is 0 Å². The normalized spacial score (nSPS) is 45.7. The van der Waals surface area contributed by atoms with E-state index in [0.29, 0.717) is 26.1 Å². The lowest BCUT2D eigenvalue weighted by Crippen LogP contribution is -2.71. The number of aliphatic hydroxyl groups excluding tert-OH is 2. The fourth-order valence-electron chi connectivity index (χ4n) is 10.4. The first kappa shape index (κ1) is 53.8. The largest absolute Gasteiger partial charge is 0.459 e. The Bertz CT molecular complexity index is 1470. The molecule has 368 valence electrons. The van der Waals surface area contributed by atoms with Crippen LogP contribution in [0.4, 0.5) is 4.79 Å². The maximum absolute atomic E-state index is 14.5. The molecule has 18 atom stereocenters. The van der Waals surface area contributed by atoms with Crippen LogP contribution in [0.3, 0.4) is 0 Å². The molecular weight excluding hydrogens is 819 g/mol. The van der Waals surface area contributed by atoms with Gasteiger partial charge in [0.25, 0.3) is 0 Å². The van der Waals surface area contributed by atoms with Crippen molar-refractivity contribution in [1.29, 1.82) is 0 Å². The molecule has 63 heavy (non-hydrogen) atoms. The van der Waals surface area contributed by atoms with E-state index in [9.17, 15) is 35.1 Å². The summed E-state index contributed by atoms with van der Waals surface area (Å²) in [6.07, 6.45) is -8.93. The van der Waals surface area contributed by atoms with Gasteiger partial charge in [-0.1, -0.05) is 20.8 Å². The number of ether oxygens (including phenoxy) is 6. The standard InChI is InChI=1S/C45H85N5O13/c1-15-33-44(11,56)37(52)30(7)47-24-26(3)22-42(9,55)38(63-40-35(51)32(21-27(4)59-40)49(13)41(54)46-16-2)28(5)36(29(6)39(53)61-33)62-34-23-43(10,58-14)45(57,31(8)60-34)25-50-19-17-48(12)18-20-50/h26-38,40,47,51-52,55-57H,15-25H2,1-14H3,(H,46,54)/t26-,27-,28+,29-,30-,31+,32+,33-,34+,35-,36+,37-,38-,40+,42-,43-,44-,45+/m1/s1. The Balaban J connectivity index is 1.79. The highest BCUT2D eigenvalue weighted by molar-refractivity contribution is 5.74. The van der Waals surface area contributed by atoms with Crippen molar-refractivity contribution in [3.63, 3.8) is 0 Å². The number of nitrogens with one attached hydrogen (secondary N) is 2. The average Bonchev–Trinajstić information content (AvgIpc) is 3.22. The van der Waals surface area contributed by atoms with Crippen LogP contribution in [0.5, 0.6) is 0 Å². The molecule has 0 aromatic heterocycles. The lowest BCUT2D eigenvalue weighted by molar-refractivity contribution is -0.339. The van der Waals surface area contributed by atoms with Crippen LogP contribution in [0.1, 0.15) is 102 Å². The van der Waals surface area contributed by atoms with Crippen LogP contribution < -0.4 is 10.6 Å². The van der Waals surface area contributed by atoms with Crippen LogP contribution in [-0.2, 0) is 33.2 Å². The van der Waals surface area contributed by atoms with E-state index in [-0.39, 0.29) is 31.2 Å². The number of carbonyl (C=O) groups is 2. The van der Waals surface area contributed by atoms with E-state index in [0.717, 1.165) is 26.2 Å². The van der Waals surface area contributed by atoms with E-state index >= 15 is 0 Å². The first-order chi connectivity index (χ1) is 29.3. The Hall–Kier alpha value is -1.78. The number of hydrogen-bond donors (Lipinski definition) is 7. The molecule has 4 aliphatic heterocycles. The first-order valence-corrected chi connectivity index (χ1v) is 23.3. The Morgan fingerprint density at radius 3 is 2.19 bits per heavy atom. The minimum absolute atomic E-state index is 0.0693. The number of amides is 2. The van der Waals surface area contributed by atoms with E-state index in [1.807, 2.05) is 27.7 Å². The molecule has 7 N–H and O–H groups in total. The van der Waals surface area contributed by atoms with Crippen LogP contribution >= 0.6 is 0 Å². The van der Waals surface area contributed by atoms with Crippen molar-refractivity contribution in [2.45, 2.75) is 192 Å². The van der Waals surface area contributed by atoms with Crippen LogP contribution in [0.25, 0.3) is 0 Å². The first-order valence-electron chi connectivity index (χ1n) is 23.3. The van der Waals surface area contributed by atoms with Crippen molar-refractivity contribution in [2.75, 3.05) is 67.0 Å². The highest BCUT2D eigenvalue weighted by atomic mass is 16.7. The van der Waals surface area contributed by atoms with Gasteiger partial charge in [-0.25, -0.2) is 4.79 Å². The molecule has 18 heteroatoms. The number of aliphatic hydroxyl groups is 5. The molecule has 4 heterocycles. The van der Waals surface area contributed by atoms with Crippen LogP contribution in [0, 0.1) is 17.8 Å². The number of methoxy groups -OCH3 is 1. The molecule has 0 aliphatic carbocycles. The van der Waals surface area contributed by atoms with Crippen molar-refractivity contribution in [1.82, 2.24) is 25.3 Å². The molecule has 2 amide bonds. The minimum atomic E-state index is -1.85. The second-order valence-corrected chi connectivity index (χ2v) is 20.1. The lowest BCUT2D eigenvalue weighted by Gasteiger charge is -2.55. The number of hydrogen-bond acceptors (Lipinski definition) is 16. The summed E-state index contributed by atoms with van der Waals surface area (Å²) < 4.78 is 38.8. The summed E-state index contributed by atoms with van der Waals surface area (Å²) in [6, 6.07) is -1.70. The summed E-state index contributed by atoms with van der Waals surface area (Å²) in [5.74, 6) is -2.90. The number of esters is 1. The third kappa shape index (κ3) is 12.2. The van der Waals surface area contributed by atoms with E-state index in [1.165, 1.54) is 11.8 Å². The molecule has 18 nitrogen and oxygen atoms in total. The summed E-state index contributed by atoms with van der Waals surface area (Å²) >= 11 is 0. The summed E-state index contributed by atoms with van der Waals surface area (Å²) in [6.45, 7) is 23.5. The van der Waals surface area contributed by atoms with Gasteiger partial charge in [0.1, 0.15) is 35.1 Å². The number of rotatable bonds is 10. The Labute approximate surface area is 376 Å². The number of carbonyl (C=O) groups excluding carboxylic acids is 2. The van der Waals surface area contributed by atoms with E-state index in [4.69, 9.17) is 28.4 Å². The zero-order valence-electron chi connectivity index (χ0n) is 40.7. The molecule has 0 radical (unpaired) electrons. The molecule has 4 saturated heterocycles. The summed E-state index contributed by atoms with van der Waals surface area (Å²) in [4.78, 5) is 33.4. The van der Waals surface area contributed by atoms with Gasteiger partial charge in [-0.3, -0.25) is 9.69 Å². The van der Waals surface area contributed by atoms with E-state index < -0.39 is 108 Å². The quantitative estimate of drug-likeness (QED) is 0.153. The Kier molecular flexibility index (Phi) is 18.7. The van der Waals surface area contributed by atoms with Gasteiger partial charge in [0.2, 0.25) is 0 Å². The fourth-order valence-corrected chi connectivity index (χ4v) is 10.4. The molecular formula is C45H85N5O13. The molecule has 0 spiro atoms. The number of likely N-dealkylation sites (N-methyl/N-ethyl adjacent to an activating group) is 2. The van der Waals surface area contributed by atoms with Gasteiger partial charge in [0, 0.05) is 71.8 Å². The molecule has 0 unspecified atom stereocenters. The zero-order valence-corrected chi connectivity index (χ0v) is 40.7. The maximum Gasteiger partial charge on any atom is 0.317 e. The highest BCUT2D eigenvalue weighted by Gasteiger charge is 2.59. The number of piperazine rings is 1. The predicted molar refractivity (Wildman–Crippen MR) is 236 cm³/mol. The third-order valence-electron chi connectivity index (χ3n) is 14.7. The topological polar surface area (TPSA) is 224 Å². The molecule has 4 aliphatic rings. The molecule has 0 saturated carbocycles. The van der Waals surface area contributed by atoms with Gasteiger partial charge < -0.3 is 74.4 Å². The number of urea groups is 1. The van der Waals surface area contributed by atoms with Crippen molar-refractivity contribution >= 4 is 12.0 Å². The molecule has 4 fully saturated rings. The zero-order chi connectivity index (χ0) is 47.4. The van der Waals surface area contributed by atoms with E-state index in [2.05, 4.69) is 27.5 Å². The fraction of sp³-hybridized carbons (Fsp3) is 0.956. The minimum Gasteiger partial charge on any atom is -0.459 e.